The third kappa shape index (κ3) is 4.49. The summed E-state index contributed by atoms with van der Waals surface area (Å²) in [5.74, 6) is 0. The molecule has 0 fully saturated rings. The van der Waals surface area contributed by atoms with E-state index in [1.54, 1.807) is 25.1 Å². The zero-order valence-corrected chi connectivity index (χ0v) is 14.1. The first kappa shape index (κ1) is 17.0. The van der Waals surface area contributed by atoms with Crippen LogP contribution < -0.4 is 10.5 Å². The summed E-state index contributed by atoms with van der Waals surface area (Å²) in [6.45, 7) is 11.8. The summed E-state index contributed by atoms with van der Waals surface area (Å²) in [4.78, 5) is 0.250. The minimum Gasteiger partial charge on any atom is -0.398 e. The van der Waals surface area contributed by atoms with Gasteiger partial charge >= 0.3 is 0 Å². The molecule has 0 aliphatic carbocycles. The maximum Gasteiger partial charge on any atom is 0.241 e. The van der Waals surface area contributed by atoms with Gasteiger partial charge in [0.05, 0.1) is 4.90 Å². The summed E-state index contributed by atoms with van der Waals surface area (Å²) in [7, 11) is -3.57. The Hall–Kier alpha value is -1.07. The molecule has 4 nitrogen and oxygen atoms in total. The molecule has 0 bridgehead atoms. The first-order valence-corrected chi connectivity index (χ1v) is 8.21. The van der Waals surface area contributed by atoms with Gasteiger partial charge < -0.3 is 5.73 Å². The van der Waals surface area contributed by atoms with Gasteiger partial charge in [-0.15, -0.1) is 0 Å². The van der Waals surface area contributed by atoms with E-state index >= 15 is 0 Å². The number of benzene rings is 1. The lowest BCUT2D eigenvalue weighted by molar-refractivity contribution is 0.269. The van der Waals surface area contributed by atoms with Crippen LogP contribution in [0.2, 0.25) is 0 Å². The van der Waals surface area contributed by atoms with Crippen molar-refractivity contribution in [3.63, 3.8) is 0 Å². The van der Waals surface area contributed by atoms with Crippen LogP contribution in [-0.2, 0) is 10.0 Å². The number of nitrogen functional groups attached to an aromatic ring is 1. The molecule has 1 rings (SSSR count). The van der Waals surface area contributed by atoms with E-state index in [-0.39, 0.29) is 10.3 Å². The maximum absolute atomic E-state index is 12.5. The number of hydrogen-bond acceptors (Lipinski definition) is 3. The molecule has 3 N–H and O–H groups in total. The molecule has 0 unspecified atom stereocenters. The van der Waals surface area contributed by atoms with Gasteiger partial charge in [-0.1, -0.05) is 26.8 Å². The van der Waals surface area contributed by atoms with E-state index in [0.29, 0.717) is 11.3 Å². The van der Waals surface area contributed by atoms with E-state index in [4.69, 9.17) is 5.73 Å². The van der Waals surface area contributed by atoms with Crippen molar-refractivity contribution in [1.82, 2.24) is 4.72 Å². The molecule has 0 atom stereocenters. The lowest BCUT2D eigenvalue weighted by atomic mass is 9.82. The van der Waals surface area contributed by atoms with Gasteiger partial charge in [-0.3, -0.25) is 0 Å². The molecule has 1 aromatic carbocycles. The van der Waals surface area contributed by atoms with Crippen molar-refractivity contribution >= 4 is 15.7 Å². The molecule has 0 heterocycles. The molecular weight excluding hydrogens is 272 g/mol. The smallest absolute Gasteiger partial charge is 0.241 e. The van der Waals surface area contributed by atoms with Gasteiger partial charge in [0.1, 0.15) is 0 Å². The average molecular weight is 298 g/mol. The Morgan fingerprint density at radius 3 is 2.20 bits per heavy atom. The largest absolute Gasteiger partial charge is 0.398 e. The van der Waals surface area contributed by atoms with Crippen molar-refractivity contribution in [2.45, 2.75) is 58.4 Å². The lowest BCUT2D eigenvalue weighted by Crippen LogP contribution is -2.45. The summed E-state index contributed by atoms with van der Waals surface area (Å²) >= 11 is 0. The number of nitrogens with one attached hydrogen (secondary N) is 1. The second-order valence-corrected chi connectivity index (χ2v) is 8.85. The monoisotopic (exact) mass is 298 g/mol. The van der Waals surface area contributed by atoms with Crippen LogP contribution in [-0.4, -0.2) is 14.0 Å². The Bertz CT molecular complexity index is 584. The molecule has 0 spiro atoms. The Labute approximate surface area is 122 Å². The maximum atomic E-state index is 12.5. The number of rotatable bonds is 4. The summed E-state index contributed by atoms with van der Waals surface area (Å²) in [6, 6.07) is 4.95. The highest BCUT2D eigenvalue weighted by atomic mass is 32.2. The highest BCUT2D eigenvalue weighted by Gasteiger charge is 2.31. The summed E-state index contributed by atoms with van der Waals surface area (Å²) in [5, 5.41) is 0. The van der Waals surface area contributed by atoms with Crippen molar-refractivity contribution in [3.8, 4) is 0 Å². The second kappa shape index (κ2) is 5.37. The van der Waals surface area contributed by atoms with E-state index in [2.05, 4.69) is 25.5 Å². The van der Waals surface area contributed by atoms with Crippen molar-refractivity contribution in [1.29, 1.82) is 0 Å². The first-order valence-electron chi connectivity index (χ1n) is 6.73. The van der Waals surface area contributed by atoms with Crippen molar-refractivity contribution < 1.29 is 8.42 Å². The van der Waals surface area contributed by atoms with Gasteiger partial charge in [-0.2, -0.15) is 0 Å². The summed E-state index contributed by atoms with van der Waals surface area (Å²) in [6.07, 6.45) is 0.737. The van der Waals surface area contributed by atoms with Crippen molar-refractivity contribution in [3.05, 3.63) is 23.8 Å². The van der Waals surface area contributed by atoms with Crippen LogP contribution in [0.4, 0.5) is 5.69 Å². The van der Waals surface area contributed by atoms with Gasteiger partial charge in [0.15, 0.2) is 0 Å². The molecule has 114 valence electrons. The van der Waals surface area contributed by atoms with Crippen molar-refractivity contribution in [2.24, 2.45) is 5.41 Å². The van der Waals surface area contributed by atoms with E-state index in [0.717, 1.165) is 6.42 Å². The van der Waals surface area contributed by atoms with Crippen LogP contribution in [0.25, 0.3) is 0 Å². The number of nitrogens with two attached hydrogens (primary N) is 1. The molecular formula is C15H26N2O2S. The average Bonchev–Trinajstić information content (AvgIpc) is 2.15. The SMILES string of the molecule is Cc1c(N)cccc1S(=O)(=O)NC(C)(C)CC(C)(C)C. The molecule has 0 aliphatic rings. The van der Waals surface area contributed by atoms with Gasteiger partial charge in [0.25, 0.3) is 0 Å². The highest BCUT2D eigenvalue weighted by Crippen LogP contribution is 2.29. The predicted octanol–water partition coefficient (Wildman–Crippen LogP) is 3.07. The topological polar surface area (TPSA) is 72.2 Å². The fraction of sp³-hybridized carbons (Fsp3) is 0.600. The van der Waals surface area contributed by atoms with Gasteiger partial charge in [-0.05, 0) is 50.3 Å². The van der Waals surface area contributed by atoms with Crippen LogP contribution in [0, 0.1) is 12.3 Å². The van der Waals surface area contributed by atoms with E-state index < -0.39 is 15.6 Å². The minimum absolute atomic E-state index is 0.0385. The first-order chi connectivity index (χ1) is 8.84. The zero-order chi connectivity index (χ0) is 15.8. The fourth-order valence-electron chi connectivity index (χ4n) is 2.70. The molecule has 0 aromatic heterocycles. The summed E-state index contributed by atoms with van der Waals surface area (Å²) in [5.41, 5.74) is 6.39. The molecule has 1 aromatic rings. The van der Waals surface area contributed by atoms with E-state index in [1.165, 1.54) is 0 Å². The van der Waals surface area contributed by atoms with Crippen molar-refractivity contribution in [2.75, 3.05) is 5.73 Å². The zero-order valence-electron chi connectivity index (χ0n) is 13.2. The van der Waals surface area contributed by atoms with Crippen LogP contribution in [0.5, 0.6) is 0 Å². The molecule has 0 radical (unpaired) electrons. The quantitative estimate of drug-likeness (QED) is 0.839. The normalized spacial score (nSPS) is 13.5. The Morgan fingerprint density at radius 1 is 1.15 bits per heavy atom. The number of sulfonamides is 1. The minimum atomic E-state index is -3.57. The number of hydrogen-bond donors (Lipinski definition) is 2. The Balaban J connectivity index is 3.10. The van der Waals surface area contributed by atoms with Crippen LogP contribution >= 0.6 is 0 Å². The standard InChI is InChI=1S/C15H26N2O2S/c1-11-12(16)8-7-9-13(11)20(18,19)17-15(5,6)10-14(2,3)4/h7-9,17H,10,16H2,1-6H3. The van der Waals surface area contributed by atoms with Crippen LogP contribution in [0.1, 0.15) is 46.6 Å². The third-order valence-corrected chi connectivity index (χ3v) is 4.84. The molecule has 20 heavy (non-hydrogen) atoms. The predicted molar refractivity (Wildman–Crippen MR) is 84.1 cm³/mol. The molecule has 0 amide bonds. The Kier molecular flexibility index (Phi) is 4.56. The molecule has 0 aliphatic heterocycles. The summed E-state index contributed by atoms with van der Waals surface area (Å²) < 4.78 is 27.9. The van der Waals surface area contributed by atoms with E-state index in [9.17, 15) is 8.42 Å². The molecule has 0 saturated heterocycles. The lowest BCUT2D eigenvalue weighted by Gasteiger charge is -2.33. The van der Waals surface area contributed by atoms with Gasteiger partial charge in [0, 0.05) is 11.2 Å². The van der Waals surface area contributed by atoms with Gasteiger partial charge in [-0.25, -0.2) is 13.1 Å². The van der Waals surface area contributed by atoms with E-state index in [1.807, 2.05) is 13.8 Å². The van der Waals surface area contributed by atoms with Crippen LogP contribution in [0.3, 0.4) is 0 Å². The van der Waals surface area contributed by atoms with Crippen LogP contribution in [0.15, 0.2) is 23.1 Å². The number of anilines is 1. The second-order valence-electron chi connectivity index (χ2n) is 7.20. The van der Waals surface area contributed by atoms with Gasteiger partial charge in [0.2, 0.25) is 10.0 Å². The fourth-order valence-corrected chi connectivity index (χ4v) is 4.39. The molecule has 5 heteroatoms. The highest BCUT2D eigenvalue weighted by molar-refractivity contribution is 7.89. The Morgan fingerprint density at radius 2 is 1.70 bits per heavy atom. The molecule has 0 saturated carbocycles. The third-order valence-electron chi connectivity index (χ3n) is 3.00.